The zero-order chi connectivity index (χ0) is 42.3. The Morgan fingerprint density at radius 1 is 0.311 bits per heavy atom. The van der Waals surface area contributed by atoms with E-state index in [-0.39, 0.29) is 23.8 Å². The molecule has 0 radical (unpaired) electrons. The van der Waals surface area contributed by atoms with Gasteiger partial charge in [0.05, 0.1) is 0 Å². The quantitative estimate of drug-likeness (QED) is 0.0501. The van der Waals surface area contributed by atoms with Crippen molar-refractivity contribution < 1.29 is 15.0 Å². The summed E-state index contributed by atoms with van der Waals surface area (Å²) in [4.78, 5) is 0. The number of nitrogens with two attached hydrogens (primary N) is 1. The average molecular weight is 994 g/mol. The first kappa shape index (κ1) is 47.0. The van der Waals surface area contributed by atoms with Crippen LogP contribution < -0.4 is 48.3 Å². The Kier molecular flexibility index (Phi) is 20.7. The fourth-order valence-electron chi connectivity index (χ4n) is 6.87. The van der Waals surface area contributed by atoms with Gasteiger partial charge in [0.2, 0.25) is 0 Å². The van der Waals surface area contributed by atoms with Gasteiger partial charge in [-0.15, -0.1) is 0 Å². The van der Waals surface area contributed by atoms with Crippen LogP contribution in [0.5, 0.6) is 0 Å². The van der Waals surface area contributed by atoms with Crippen LogP contribution in [0.15, 0.2) is 246 Å². The molecule has 0 aliphatic heterocycles. The van der Waals surface area contributed by atoms with Gasteiger partial charge in [0.25, 0.3) is 0 Å². The summed E-state index contributed by atoms with van der Waals surface area (Å²) in [7, 11) is 8.78. The van der Waals surface area contributed by atoms with Crippen LogP contribution in [0, 0.1) is 0 Å². The SMILES string of the molecule is N[N]=[Mo]([Cl])[Cl].c1ccc(P(CCP(c2ccccc2)c2ccccc2)CCP(c2ccccc2)c2ccccc2)cc1.c1ccc(P(c2ccccc2)c2ccccc2)cc1. The first-order valence-corrected chi connectivity index (χ1v) is 32.3. The van der Waals surface area contributed by atoms with Crippen molar-refractivity contribution in [3.8, 4) is 0 Å². The van der Waals surface area contributed by atoms with Crippen molar-refractivity contribution in [1.29, 1.82) is 0 Å². The molecule has 2 nitrogen and oxygen atoms in total. The number of benzene rings is 8. The summed E-state index contributed by atoms with van der Waals surface area (Å²) in [5.74, 6) is 4.61. The molecule has 0 heterocycles. The molecule has 0 aliphatic rings. The molecule has 0 fully saturated rings. The van der Waals surface area contributed by atoms with Crippen molar-refractivity contribution in [3.05, 3.63) is 243 Å². The van der Waals surface area contributed by atoms with Crippen molar-refractivity contribution in [2.24, 2.45) is 9.45 Å². The van der Waals surface area contributed by atoms with Gasteiger partial charge in [-0.05, 0) is 90.8 Å². The second-order valence-corrected chi connectivity index (χ2v) is 28.9. The van der Waals surface area contributed by atoms with Crippen molar-refractivity contribution in [2.75, 3.05) is 24.6 Å². The number of hydrogen-bond donors (Lipinski definition) is 1. The molecule has 61 heavy (non-hydrogen) atoms. The summed E-state index contributed by atoms with van der Waals surface area (Å²) in [5.41, 5.74) is 0. The molecule has 0 saturated heterocycles. The zero-order valence-corrected chi connectivity index (χ0v) is 41.0. The van der Waals surface area contributed by atoms with Crippen molar-refractivity contribution in [1.82, 2.24) is 0 Å². The molecule has 9 heteroatoms. The molecule has 0 saturated carbocycles. The predicted molar refractivity (Wildman–Crippen MR) is 274 cm³/mol. The summed E-state index contributed by atoms with van der Waals surface area (Å²) in [6.07, 6.45) is 5.00. The third kappa shape index (κ3) is 15.4. The minimum absolute atomic E-state index is 0.250. The zero-order valence-electron chi connectivity index (χ0n) is 33.9. The second kappa shape index (κ2) is 26.9. The van der Waals surface area contributed by atoms with Crippen LogP contribution in [0.3, 0.4) is 0 Å². The molecule has 8 rings (SSSR count). The van der Waals surface area contributed by atoms with E-state index in [2.05, 4.69) is 252 Å². The van der Waals surface area contributed by atoms with Crippen LogP contribution >= 0.6 is 50.5 Å². The summed E-state index contributed by atoms with van der Waals surface area (Å²) >= 11 is -2.03. The average Bonchev–Trinajstić information content (AvgIpc) is 3.34. The third-order valence-electron chi connectivity index (χ3n) is 9.70. The summed E-state index contributed by atoms with van der Waals surface area (Å²) < 4.78 is 3.09. The number of halogens is 2. The maximum absolute atomic E-state index is 5.11. The summed E-state index contributed by atoms with van der Waals surface area (Å²) in [5, 5.41) is 11.7. The Morgan fingerprint density at radius 2 is 0.508 bits per heavy atom. The van der Waals surface area contributed by atoms with Gasteiger partial charge in [-0.1, -0.05) is 251 Å². The molecule has 0 bridgehead atoms. The minimum atomic E-state index is -2.03. The number of nitrogens with zero attached hydrogens (tertiary/aromatic N) is 1. The molecular formula is C52H50Cl2MoN2P4. The van der Waals surface area contributed by atoms with Crippen molar-refractivity contribution in [3.63, 3.8) is 0 Å². The van der Waals surface area contributed by atoms with Crippen molar-refractivity contribution >= 4 is 93.0 Å². The van der Waals surface area contributed by atoms with Gasteiger partial charge >= 0.3 is 43.3 Å². The van der Waals surface area contributed by atoms with Crippen molar-refractivity contribution in [2.45, 2.75) is 0 Å². The van der Waals surface area contributed by atoms with Gasteiger partial charge in [0.15, 0.2) is 0 Å². The third-order valence-corrected chi connectivity index (χ3v) is 21.8. The number of hydrogen-bond acceptors (Lipinski definition) is 2. The van der Waals surface area contributed by atoms with E-state index in [1.54, 1.807) is 5.30 Å². The van der Waals surface area contributed by atoms with Gasteiger partial charge in [-0.2, -0.15) is 0 Å². The molecule has 0 amide bonds. The molecule has 308 valence electrons. The maximum Gasteiger partial charge on any atom is -0.0134 e. The van der Waals surface area contributed by atoms with E-state index in [4.69, 9.17) is 18.8 Å². The molecule has 0 atom stereocenters. The van der Waals surface area contributed by atoms with Crippen LogP contribution in [0.2, 0.25) is 0 Å². The van der Waals surface area contributed by atoms with E-state index >= 15 is 0 Å². The largest absolute Gasteiger partial charge is 0.0746 e. The molecule has 0 unspecified atom stereocenters. The van der Waals surface area contributed by atoms with Gasteiger partial charge in [-0.25, -0.2) is 0 Å². The predicted octanol–water partition coefficient (Wildman–Crippen LogP) is 11.5. The smallest absolute Gasteiger partial charge is 0.0134 e. The standard InChI is InChI=1S/C34H33P3.C18H15P.2ClH.Mo.H2N2/c1-6-16-30(17-7-1)35(26-28-36(31-18-8-2-9-19-31)32-20-10-3-11-21-32)27-29-37(33-22-12-4-13-23-33)34-24-14-5-15-25-34;1-4-10-16(11-5-1)19(17-12-6-2-7-13-17)18-14-8-3-9-15-18;;;;1-2/h1-25H,26-29H2;1-15H;2*1H;;1H2/q;;;;+2;/p-2. The summed E-state index contributed by atoms with van der Waals surface area (Å²) in [6.45, 7) is 0. The van der Waals surface area contributed by atoms with Gasteiger partial charge < -0.3 is 0 Å². The Bertz CT molecular complexity index is 2140. The minimum Gasteiger partial charge on any atom is -0.0746 e. The molecule has 0 aliphatic carbocycles. The van der Waals surface area contributed by atoms with Crippen LogP contribution in [0.1, 0.15) is 0 Å². The van der Waals surface area contributed by atoms with E-state index in [0.717, 1.165) is 0 Å². The van der Waals surface area contributed by atoms with E-state index in [0.29, 0.717) is 0 Å². The number of rotatable bonds is 14. The normalized spacial score (nSPS) is 10.9. The molecule has 2 N–H and O–H groups in total. The van der Waals surface area contributed by atoms with Crippen LogP contribution in [0.4, 0.5) is 0 Å². The van der Waals surface area contributed by atoms with Crippen LogP contribution in [-0.2, 0) is 15.0 Å². The fraction of sp³-hybridized carbons (Fsp3) is 0.0769. The topological polar surface area (TPSA) is 38.4 Å². The van der Waals surface area contributed by atoms with Gasteiger partial charge in [-0.3, -0.25) is 0 Å². The molecule has 0 aromatic heterocycles. The Balaban J connectivity index is 0.000000215. The van der Waals surface area contributed by atoms with Gasteiger partial charge in [0, 0.05) is 0 Å². The van der Waals surface area contributed by atoms with E-state index in [1.807, 2.05) is 0 Å². The molecule has 0 spiro atoms. The van der Waals surface area contributed by atoms with E-state index in [9.17, 15) is 0 Å². The van der Waals surface area contributed by atoms with Crippen LogP contribution in [-0.4, -0.2) is 24.6 Å². The van der Waals surface area contributed by atoms with Crippen LogP contribution in [0.25, 0.3) is 0 Å². The fourth-order valence-corrected chi connectivity index (χ4v) is 17.8. The van der Waals surface area contributed by atoms with E-state index in [1.165, 1.54) is 61.8 Å². The first-order chi connectivity index (χ1) is 30.1. The Hall–Kier alpha value is -3.49. The Labute approximate surface area is 381 Å². The maximum atomic E-state index is 5.11. The van der Waals surface area contributed by atoms with E-state index < -0.39 is 23.0 Å². The monoisotopic (exact) mass is 994 g/mol. The Morgan fingerprint density at radius 3 is 0.721 bits per heavy atom. The summed E-state index contributed by atoms with van der Waals surface area (Å²) in [6, 6.07) is 88.4. The molecular weight excluding hydrogens is 943 g/mol. The second-order valence-electron chi connectivity index (χ2n) is 13.6. The molecule has 8 aromatic rings. The molecule has 8 aromatic carbocycles. The van der Waals surface area contributed by atoms with Gasteiger partial charge in [0.1, 0.15) is 0 Å². The first-order valence-electron chi connectivity index (χ1n) is 20.1.